The predicted octanol–water partition coefficient (Wildman–Crippen LogP) is 9.40. The summed E-state index contributed by atoms with van der Waals surface area (Å²) in [5.41, 5.74) is 4.44. The minimum atomic E-state index is -0.915. The quantitative estimate of drug-likeness (QED) is 0.177. The van der Waals surface area contributed by atoms with Crippen molar-refractivity contribution in [1.29, 1.82) is 0 Å². The lowest BCUT2D eigenvalue weighted by atomic mass is 10.0. The molecule has 0 fully saturated rings. The van der Waals surface area contributed by atoms with Crippen LogP contribution in [0.15, 0.2) is 60.9 Å². The Balaban J connectivity index is 1.44. The molecule has 1 atom stereocenters. The van der Waals surface area contributed by atoms with Crippen LogP contribution in [0.1, 0.15) is 90.0 Å². The fraction of sp³-hybridized carbons (Fsp3) is 0.500. The minimum absolute atomic E-state index is 0.108. The fourth-order valence-electron chi connectivity index (χ4n) is 4.36. The van der Waals surface area contributed by atoms with Crippen molar-refractivity contribution in [3.63, 3.8) is 0 Å². The minimum Gasteiger partial charge on any atom is -0.491 e. The molecule has 0 N–H and O–H groups in total. The van der Waals surface area contributed by atoms with Gasteiger partial charge in [-0.3, -0.25) is 0 Å². The summed E-state index contributed by atoms with van der Waals surface area (Å²) >= 11 is 0. The molecule has 0 radical (unpaired) electrons. The number of unbranched alkanes of at least 4 members (excludes halogenated alkanes) is 8. The largest absolute Gasteiger partial charge is 0.491 e. The Hall–Kier alpha value is -2.75. The summed E-state index contributed by atoms with van der Waals surface area (Å²) in [7, 11) is 0. The molecule has 0 aliphatic carbocycles. The molecule has 2 aromatic carbocycles. The lowest BCUT2D eigenvalue weighted by Gasteiger charge is -2.11. The molecular weight excluding hydrogens is 447 g/mol. The number of aromatic nitrogens is 2. The number of halogens is 1. The summed E-state index contributed by atoms with van der Waals surface area (Å²) in [6.07, 6.45) is 16.7. The van der Waals surface area contributed by atoms with Crippen LogP contribution in [0.2, 0.25) is 0 Å². The number of ether oxygens (including phenoxy) is 1. The van der Waals surface area contributed by atoms with Gasteiger partial charge in [-0.05, 0) is 54.7 Å². The fourth-order valence-corrected chi connectivity index (χ4v) is 4.36. The maximum Gasteiger partial charge on any atom is 0.159 e. The van der Waals surface area contributed by atoms with Gasteiger partial charge in [-0.1, -0.05) is 95.9 Å². The first-order valence-corrected chi connectivity index (χ1v) is 14.0. The number of hydrogen-bond acceptors (Lipinski definition) is 3. The molecule has 36 heavy (non-hydrogen) atoms. The molecule has 1 unspecified atom stereocenters. The van der Waals surface area contributed by atoms with Crippen molar-refractivity contribution < 1.29 is 9.13 Å². The lowest BCUT2D eigenvalue weighted by Crippen LogP contribution is -2.12. The van der Waals surface area contributed by atoms with Crippen LogP contribution in [-0.2, 0) is 6.42 Å². The van der Waals surface area contributed by atoms with Gasteiger partial charge in [0, 0.05) is 23.5 Å². The smallest absolute Gasteiger partial charge is 0.159 e. The van der Waals surface area contributed by atoms with Crippen LogP contribution in [0.25, 0.3) is 22.5 Å². The van der Waals surface area contributed by atoms with E-state index in [0.29, 0.717) is 18.0 Å². The van der Waals surface area contributed by atoms with Gasteiger partial charge in [-0.2, -0.15) is 0 Å². The standard InChI is InChI=1S/C32H43FN2O/c1-3-5-7-9-10-12-14-30(33)25-36-31-21-19-28(20-22-31)32-34-23-29(24-35-32)27-17-15-26(16-18-27)13-11-8-6-4-2/h15-24,30H,3-14,25H2,1-2H3. The summed E-state index contributed by atoms with van der Waals surface area (Å²) in [5.74, 6) is 1.35. The van der Waals surface area contributed by atoms with Crippen LogP contribution in [0.4, 0.5) is 4.39 Å². The van der Waals surface area contributed by atoms with Crippen LogP contribution >= 0.6 is 0 Å². The molecule has 0 saturated heterocycles. The number of hydrogen-bond donors (Lipinski definition) is 0. The van der Waals surface area contributed by atoms with Gasteiger partial charge in [-0.25, -0.2) is 14.4 Å². The van der Waals surface area contributed by atoms with E-state index >= 15 is 0 Å². The topological polar surface area (TPSA) is 35.0 Å². The van der Waals surface area contributed by atoms with Gasteiger partial charge in [0.1, 0.15) is 18.5 Å². The van der Waals surface area contributed by atoms with Crippen molar-refractivity contribution in [1.82, 2.24) is 9.97 Å². The van der Waals surface area contributed by atoms with Crippen LogP contribution in [0, 0.1) is 0 Å². The van der Waals surface area contributed by atoms with Gasteiger partial charge in [0.15, 0.2) is 5.82 Å². The number of nitrogens with zero attached hydrogens (tertiary/aromatic N) is 2. The molecule has 3 rings (SSSR count). The summed E-state index contributed by atoms with van der Waals surface area (Å²) in [6.45, 7) is 4.56. The summed E-state index contributed by atoms with van der Waals surface area (Å²) in [4.78, 5) is 9.14. The van der Waals surface area contributed by atoms with E-state index in [1.54, 1.807) is 0 Å². The third-order valence-corrected chi connectivity index (χ3v) is 6.67. The highest BCUT2D eigenvalue weighted by molar-refractivity contribution is 5.64. The van der Waals surface area contributed by atoms with E-state index < -0.39 is 6.17 Å². The zero-order chi connectivity index (χ0) is 25.4. The third-order valence-electron chi connectivity index (χ3n) is 6.67. The Morgan fingerprint density at radius 3 is 1.92 bits per heavy atom. The molecule has 3 aromatic rings. The van der Waals surface area contributed by atoms with Crippen LogP contribution < -0.4 is 4.74 Å². The summed E-state index contributed by atoms with van der Waals surface area (Å²) < 4.78 is 19.8. The van der Waals surface area contributed by atoms with E-state index in [-0.39, 0.29) is 6.61 Å². The Labute approximate surface area is 217 Å². The first-order valence-electron chi connectivity index (χ1n) is 14.0. The predicted molar refractivity (Wildman–Crippen MR) is 149 cm³/mol. The molecule has 3 nitrogen and oxygen atoms in total. The molecule has 0 amide bonds. The van der Waals surface area contributed by atoms with Crippen LogP contribution in [0.3, 0.4) is 0 Å². The molecular formula is C32H43FN2O. The van der Waals surface area contributed by atoms with Gasteiger partial charge >= 0.3 is 0 Å². The zero-order valence-electron chi connectivity index (χ0n) is 22.2. The monoisotopic (exact) mass is 490 g/mol. The Bertz CT molecular complexity index is 971. The van der Waals surface area contributed by atoms with E-state index in [9.17, 15) is 4.39 Å². The van der Waals surface area contributed by atoms with Gasteiger partial charge in [0.2, 0.25) is 0 Å². The highest BCUT2D eigenvalue weighted by Crippen LogP contribution is 2.23. The Morgan fingerprint density at radius 1 is 0.667 bits per heavy atom. The maximum atomic E-state index is 14.1. The second-order valence-electron chi connectivity index (χ2n) is 9.79. The van der Waals surface area contributed by atoms with E-state index in [1.807, 2.05) is 36.7 Å². The van der Waals surface area contributed by atoms with Crippen molar-refractivity contribution in [2.45, 2.75) is 97.1 Å². The summed E-state index contributed by atoms with van der Waals surface area (Å²) in [6, 6.07) is 16.3. The molecule has 4 heteroatoms. The molecule has 0 bridgehead atoms. The maximum absolute atomic E-state index is 14.1. The first-order chi connectivity index (χ1) is 17.7. The van der Waals surface area contributed by atoms with Gasteiger partial charge < -0.3 is 4.74 Å². The molecule has 0 aliphatic heterocycles. The molecule has 0 aliphatic rings. The highest BCUT2D eigenvalue weighted by atomic mass is 19.1. The molecule has 0 spiro atoms. The van der Waals surface area contributed by atoms with Crippen LogP contribution in [-0.4, -0.2) is 22.7 Å². The second kappa shape index (κ2) is 16.1. The van der Waals surface area contributed by atoms with Crippen molar-refractivity contribution in [2.75, 3.05) is 6.61 Å². The van der Waals surface area contributed by atoms with Crippen molar-refractivity contribution in [3.05, 3.63) is 66.5 Å². The molecule has 1 heterocycles. The Morgan fingerprint density at radius 2 is 1.25 bits per heavy atom. The molecule has 0 saturated carbocycles. The number of benzene rings is 2. The summed E-state index contributed by atoms with van der Waals surface area (Å²) in [5, 5.41) is 0. The number of rotatable bonds is 17. The van der Waals surface area contributed by atoms with E-state index in [4.69, 9.17) is 4.74 Å². The van der Waals surface area contributed by atoms with Crippen LogP contribution in [0.5, 0.6) is 5.75 Å². The highest BCUT2D eigenvalue weighted by Gasteiger charge is 2.09. The lowest BCUT2D eigenvalue weighted by molar-refractivity contribution is 0.184. The van der Waals surface area contributed by atoms with Crippen molar-refractivity contribution >= 4 is 0 Å². The SMILES string of the molecule is CCCCCCCCC(F)COc1ccc(-c2ncc(-c3ccc(CCCCCC)cc3)cn2)cc1. The first kappa shape index (κ1) is 27.8. The van der Waals surface area contributed by atoms with Gasteiger partial charge in [0.05, 0.1) is 0 Å². The van der Waals surface area contributed by atoms with E-state index in [2.05, 4.69) is 48.1 Å². The van der Waals surface area contributed by atoms with E-state index in [1.165, 1.54) is 56.9 Å². The zero-order valence-corrected chi connectivity index (χ0v) is 22.2. The van der Waals surface area contributed by atoms with Gasteiger partial charge in [0.25, 0.3) is 0 Å². The number of alkyl halides is 1. The van der Waals surface area contributed by atoms with Crippen molar-refractivity contribution in [3.8, 4) is 28.3 Å². The van der Waals surface area contributed by atoms with Crippen molar-refractivity contribution in [2.24, 2.45) is 0 Å². The average Bonchev–Trinajstić information content (AvgIpc) is 2.93. The normalized spacial score (nSPS) is 12.0. The second-order valence-corrected chi connectivity index (χ2v) is 9.79. The molecule has 194 valence electrons. The third kappa shape index (κ3) is 9.72. The molecule has 1 aromatic heterocycles. The number of aryl methyl sites for hydroxylation is 1. The van der Waals surface area contributed by atoms with E-state index in [0.717, 1.165) is 36.0 Å². The average molecular weight is 491 g/mol. The Kier molecular flexibility index (Phi) is 12.4. The van der Waals surface area contributed by atoms with Gasteiger partial charge in [-0.15, -0.1) is 0 Å².